The van der Waals surface area contributed by atoms with Crippen LogP contribution in [0.15, 0.2) is 48.5 Å². The van der Waals surface area contributed by atoms with Crippen molar-refractivity contribution >= 4 is 28.3 Å². The lowest BCUT2D eigenvalue weighted by Crippen LogP contribution is -3.05. The molecule has 0 radical (unpaired) electrons. The SMILES string of the molecule is C[NH+](C)CCCNc1nc(-c2cccc(Cl)c2)nc2ccccc12. The van der Waals surface area contributed by atoms with E-state index in [4.69, 9.17) is 16.6 Å². The van der Waals surface area contributed by atoms with Crippen LogP contribution in [0.3, 0.4) is 0 Å². The average Bonchev–Trinajstić information content (AvgIpc) is 2.58. The van der Waals surface area contributed by atoms with Crippen molar-refractivity contribution in [2.24, 2.45) is 0 Å². The second-order valence-corrected chi connectivity index (χ2v) is 6.60. The molecule has 0 amide bonds. The number of aromatic nitrogens is 2. The molecule has 1 heterocycles. The number of hydrogen-bond donors (Lipinski definition) is 2. The summed E-state index contributed by atoms with van der Waals surface area (Å²) in [5.74, 6) is 1.57. The predicted octanol–water partition coefficient (Wildman–Crippen LogP) is 2.90. The Bertz CT molecular complexity index is 832. The van der Waals surface area contributed by atoms with Gasteiger partial charge in [0.15, 0.2) is 5.82 Å². The van der Waals surface area contributed by atoms with Gasteiger partial charge in [0.1, 0.15) is 5.82 Å². The Morgan fingerprint density at radius 1 is 1.04 bits per heavy atom. The Kier molecular flexibility index (Phi) is 5.28. The molecule has 24 heavy (non-hydrogen) atoms. The lowest BCUT2D eigenvalue weighted by molar-refractivity contribution is -0.858. The van der Waals surface area contributed by atoms with Crippen LogP contribution < -0.4 is 10.2 Å². The van der Waals surface area contributed by atoms with E-state index in [1.165, 1.54) is 4.90 Å². The number of quaternary nitrogens is 1. The van der Waals surface area contributed by atoms with Crippen molar-refractivity contribution in [2.75, 3.05) is 32.5 Å². The van der Waals surface area contributed by atoms with Crippen molar-refractivity contribution in [3.05, 3.63) is 53.6 Å². The van der Waals surface area contributed by atoms with Gasteiger partial charge in [0.25, 0.3) is 0 Å². The predicted molar refractivity (Wildman–Crippen MR) is 101 cm³/mol. The maximum Gasteiger partial charge on any atom is 0.162 e. The topological polar surface area (TPSA) is 42.2 Å². The fourth-order valence-electron chi connectivity index (χ4n) is 2.62. The van der Waals surface area contributed by atoms with Crippen LogP contribution in [0.1, 0.15) is 6.42 Å². The van der Waals surface area contributed by atoms with Crippen LogP contribution in [-0.4, -0.2) is 37.2 Å². The van der Waals surface area contributed by atoms with E-state index in [1.807, 2.05) is 42.5 Å². The highest BCUT2D eigenvalue weighted by Gasteiger charge is 2.09. The van der Waals surface area contributed by atoms with Gasteiger partial charge in [-0.25, -0.2) is 9.97 Å². The highest BCUT2D eigenvalue weighted by Crippen LogP contribution is 2.26. The van der Waals surface area contributed by atoms with Crippen LogP contribution in [-0.2, 0) is 0 Å². The summed E-state index contributed by atoms with van der Waals surface area (Å²) in [4.78, 5) is 10.9. The highest BCUT2D eigenvalue weighted by atomic mass is 35.5. The van der Waals surface area contributed by atoms with Gasteiger partial charge in [-0.1, -0.05) is 35.9 Å². The second kappa shape index (κ2) is 7.60. The van der Waals surface area contributed by atoms with Gasteiger partial charge in [-0.3, -0.25) is 0 Å². The molecular weight excluding hydrogens is 320 g/mol. The first-order valence-corrected chi connectivity index (χ1v) is 8.57. The minimum atomic E-state index is 0.688. The molecule has 0 atom stereocenters. The van der Waals surface area contributed by atoms with Crippen LogP contribution in [0, 0.1) is 0 Å². The summed E-state index contributed by atoms with van der Waals surface area (Å²) in [7, 11) is 4.33. The molecular formula is C19H22ClN4+. The smallest absolute Gasteiger partial charge is 0.162 e. The fraction of sp³-hybridized carbons (Fsp3) is 0.263. The van der Waals surface area contributed by atoms with Gasteiger partial charge < -0.3 is 10.2 Å². The van der Waals surface area contributed by atoms with Crippen molar-refractivity contribution in [1.29, 1.82) is 0 Å². The molecule has 0 aliphatic carbocycles. The summed E-state index contributed by atoms with van der Waals surface area (Å²) in [6.45, 7) is 2.01. The second-order valence-electron chi connectivity index (χ2n) is 6.16. The van der Waals surface area contributed by atoms with Crippen LogP contribution in [0.2, 0.25) is 5.02 Å². The van der Waals surface area contributed by atoms with Crippen molar-refractivity contribution in [2.45, 2.75) is 6.42 Å². The molecule has 0 saturated heterocycles. The molecule has 0 aliphatic rings. The van der Waals surface area contributed by atoms with E-state index in [0.29, 0.717) is 10.8 Å². The molecule has 2 N–H and O–H groups in total. The van der Waals surface area contributed by atoms with Gasteiger partial charge in [0, 0.05) is 28.9 Å². The summed E-state index contributed by atoms with van der Waals surface area (Å²) in [6.07, 6.45) is 1.09. The van der Waals surface area contributed by atoms with Crippen molar-refractivity contribution < 1.29 is 4.90 Å². The largest absolute Gasteiger partial charge is 0.369 e. The molecule has 3 rings (SSSR count). The molecule has 1 aromatic heterocycles. The van der Waals surface area contributed by atoms with E-state index in [2.05, 4.69) is 30.5 Å². The number of para-hydroxylation sites is 1. The van der Waals surface area contributed by atoms with Crippen LogP contribution in [0.4, 0.5) is 5.82 Å². The Morgan fingerprint density at radius 2 is 1.88 bits per heavy atom. The molecule has 2 aromatic carbocycles. The minimum Gasteiger partial charge on any atom is -0.369 e. The molecule has 0 saturated carbocycles. The number of rotatable bonds is 6. The van der Waals surface area contributed by atoms with Crippen LogP contribution in [0.25, 0.3) is 22.3 Å². The first-order chi connectivity index (χ1) is 11.6. The van der Waals surface area contributed by atoms with Gasteiger partial charge in [-0.05, 0) is 24.3 Å². The third-order valence-corrected chi connectivity index (χ3v) is 4.07. The van der Waals surface area contributed by atoms with Crippen LogP contribution >= 0.6 is 11.6 Å². The third kappa shape index (κ3) is 4.02. The van der Waals surface area contributed by atoms with Crippen molar-refractivity contribution in [3.63, 3.8) is 0 Å². The monoisotopic (exact) mass is 341 g/mol. The summed E-state index contributed by atoms with van der Waals surface area (Å²) in [6, 6.07) is 15.7. The average molecular weight is 342 g/mol. The molecule has 0 fully saturated rings. The zero-order valence-corrected chi connectivity index (χ0v) is 14.8. The summed E-state index contributed by atoms with van der Waals surface area (Å²) in [5, 5.41) is 5.20. The number of anilines is 1. The van der Waals surface area contributed by atoms with E-state index < -0.39 is 0 Å². The maximum atomic E-state index is 6.11. The molecule has 0 unspecified atom stereocenters. The first kappa shape index (κ1) is 16.7. The fourth-order valence-corrected chi connectivity index (χ4v) is 2.81. The van der Waals surface area contributed by atoms with Gasteiger partial charge in [-0.15, -0.1) is 0 Å². The van der Waals surface area contributed by atoms with E-state index >= 15 is 0 Å². The van der Waals surface area contributed by atoms with E-state index in [1.54, 1.807) is 0 Å². The first-order valence-electron chi connectivity index (χ1n) is 8.19. The van der Waals surface area contributed by atoms with E-state index in [0.717, 1.165) is 41.8 Å². The Morgan fingerprint density at radius 3 is 2.67 bits per heavy atom. The number of nitrogens with one attached hydrogen (secondary N) is 2. The quantitative estimate of drug-likeness (QED) is 0.677. The van der Waals surface area contributed by atoms with Gasteiger partial charge >= 0.3 is 0 Å². The van der Waals surface area contributed by atoms with Gasteiger partial charge in [0.2, 0.25) is 0 Å². The lowest BCUT2D eigenvalue weighted by Gasteiger charge is -2.12. The molecule has 3 aromatic rings. The van der Waals surface area contributed by atoms with Gasteiger partial charge in [0.05, 0.1) is 26.2 Å². The molecule has 124 valence electrons. The van der Waals surface area contributed by atoms with E-state index in [-0.39, 0.29) is 0 Å². The molecule has 0 bridgehead atoms. The summed E-state index contributed by atoms with van der Waals surface area (Å²) in [5.41, 5.74) is 1.86. The number of nitrogens with zero attached hydrogens (tertiary/aromatic N) is 2. The number of fused-ring (bicyclic) bond motifs is 1. The Balaban J connectivity index is 1.94. The number of hydrogen-bond acceptors (Lipinski definition) is 3. The highest BCUT2D eigenvalue weighted by molar-refractivity contribution is 6.30. The number of halogens is 1. The lowest BCUT2D eigenvalue weighted by atomic mass is 10.2. The third-order valence-electron chi connectivity index (χ3n) is 3.83. The maximum absolute atomic E-state index is 6.11. The van der Waals surface area contributed by atoms with Crippen molar-refractivity contribution in [3.8, 4) is 11.4 Å². The number of benzene rings is 2. The normalized spacial score (nSPS) is 11.2. The standard InChI is InChI=1S/C19H21ClN4/c1-24(2)12-6-11-21-19-16-9-3-4-10-17(16)22-18(23-19)14-7-5-8-15(20)13-14/h3-5,7-10,13H,6,11-12H2,1-2H3,(H,21,22,23)/p+1. The molecule has 0 spiro atoms. The van der Waals surface area contributed by atoms with E-state index in [9.17, 15) is 0 Å². The molecule has 5 heteroatoms. The zero-order chi connectivity index (χ0) is 16.9. The Hall–Kier alpha value is -2.17. The van der Waals surface area contributed by atoms with Gasteiger partial charge in [-0.2, -0.15) is 0 Å². The Labute approximate surface area is 147 Å². The van der Waals surface area contributed by atoms with Crippen molar-refractivity contribution in [1.82, 2.24) is 9.97 Å². The zero-order valence-electron chi connectivity index (χ0n) is 14.0. The van der Waals surface area contributed by atoms with Crippen LogP contribution in [0.5, 0.6) is 0 Å². The molecule has 0 aliphatic heterocycles. The molecule has 4 nitrogen and oxygen atoms in total. The summed E-state index contributed by atoms with van der Waals surface area (Å²) < 4.78 is 0. The minimum absolute atomic E-state index is 0.688. The summed E-state index contributed by atoms with van der Waals surface area (Å²) >= 11 is 6.11.